The van der Waals surface area contributed by atoms with Gasteiger partial charge in [0.1, 0.15) is 29.2 Å². The number of rotatable bonds is 2. The Kier molecular flexibility index (Phi) is 2.63. The number of hydrogen-bond acceptors (Lipinski definition) is 6. The topological polar surface area (TPSA) is 103 Å². The third-order valence-corrected chi connectivity index (χ3v) is 6.32. The summed E-state index contributed by atoms with van der Waals surface area (Å²) in [6, 6.07) is 0. The van der Waals surface area contributed by atoms with Crippen molar-refractivity contribution in [3.8, 4) is 11.3 Å². The number of hydrogen-bond donors (Lipinski definition) is 2. The standard InChI is InChI=1S/C19H21N5O2/c1-19(6-7-19)24-10-4-5-11(25)13-15(23-26-16(13)9-2-3-9)12(10)14-17(20)21-8-22-18(14)24/h8-9,11,25H,2-7H2,1H3,(H2,20,21,22)/t11-/m1/s1. The number of aliphatic hydroxyl groups excluding tert-OH is 1. The van der Waals surface area contributed by atoms with Crippen molar-refractivity contribution in [2.45, 2.75) is 63.0 Å². The highest BCUT2D eigenvalue weighted by Gasteiger charge is 2.45. The Hall–Kier alpha value is -2.41. The fraction of sp³-hybridized carbons (Fsp3) is 0.526. The first-order valence-corrected chi connectivity index (χ1v) is 9.40. The lowest BCUT2D eigenvalue weighted by Gasteiger charge is -2.17. The lowest BCUT2D eigenvalue weighted by molar-refractivity contribution is 0.165. The van der Waals surface area contributed by atoms with Crippen LogP contribution in [0.25, 0.3) is 22.3 Å². The maximum Gasteiger partial charge on any atom is 0.146 e. The largest absolute Gasteiger partial charge is 0.388 e. The molecule has 2 saturated carbocycles. The van der Waals surface area contributed by atoms with E-state index in [1.54, 1.807) is 0 Å². The second kappa shape index (κ2) is 4.65. The van der Waals surface area contributed by atoms with Crippen molar-refractivity contribution in [2.24, 2.45) is 0 Å². The summed E-state index contributed by atoms with van der Waals surface area (Å²) in [7, 11) is 0. The van der Waals surface area contributed by atoms with Crippen LogP contribution in [0.3, 0.4) is 0 Å². The Bertz CT molecular complexity index is 1060. The molecule has 0 radical (unpaired) electrons. The van der Waals surface area contributed by atoms with Gasteiger partial charge in [0.2, 0.25) is 0 Å². The van der Waals surface area contributed by atoms with Crippen molar-refractivity contribution < 1.29 is 9.63 Å². The van der Waals surface area contributed by atoms with Gasteiger partial charge in [0, 0.05) is 22.7 Å². The van der Waals surface area contributed by atoms with Crippen LogP contribution >= 0.6 is 0 Å². The number of aliphatic hydroxyl groups is 1. The van der Waals surface area contributed by atoms with Crippen molar-refractivity contribution >= 4 is 16.9 Å². The SMILES string of the molecule is CC1(n2c3c(c4c(N)ncnc42)-c2noc(C4CC4)c2[C@H](O)CC3)CC1. The molecule has 0 unspecified atom stereocenters. The molecule has 0 amide bonds. The quantitative estimate of drug-likeness (QED) is 0.735. The number of anilines is 1. The Morgan fingerprint density at radius 2 is 2.08 bits per heavy atom. The van der Waals surface area contributed by atoms with E-state index < -0.39 is 6.10 Å². The summed E-state index contributed by atoms with van der Waals surface area (Å²) in [4.78, 5) is 8.82. The van der Waals surface area contributed by atoms with E-state index in [0.29, 0.717) is 18.2 Å². The maximum absolute atomic E-state index is 10.9. The lowest BCUT2D eigenvalue weighted by Crippen LogP contribution is -2.16. The average molecular weight is 351 g/mol. The number of nitrogens with two attached hydrogens (primary N) is 1. The molecule has 7 nitrogen and oxygen atoms in total. The van der Waals surface area contributed by atoms with E-state index in [1.165, 1.54) is 6.33 Å². The molecule has 0 aliphatic heterocycles. The number of nitrogens with zero attached hydrogens (tertiary/aromatic N) is 4. The van der Waals surface area contributed by atoms with E-state index >= 15 is 0 Å². The van der Waals surface area contributed by atoms with Gasteiger partial charge in [-0.15, -0.1) is 0 Å². The molecule has 6 rings (SSSR count). The minimum atomic E-state index is -0.555. The van der Waals surface area contributed by atoms with Crippen LogP contribution in [0.5, 0.6) is 0 Å². The van der Waals surface area contributed by atoms with E-state index in [0.717, 1.165) is 71.4 Å². The first-order valence-electron chi connectivity index (χ1n) is 9.40. The molecule has 3 aromatic rings. The van der Waals surface area contributed by atoms with E-state index in [9.17, 15) is 5.11 Å². The Balaban J connectivity index is 1.73. The second-order valence-corrected chi connectivity index (χ2v) is 8.25. The van der Waals surface area contributed by atoms with Crippen molar-refractivity contribution in [2.75, 3.05) is 5.73 Å². The van der Waals surface area contributed by atoms with E-state index in [1.807, 2.05) is 0 Å². The Labute approximate surface area is 150 Å². The molecular formula is C19H21N5O2. The van der Waals surface area contributed by atoms with Gasteiger partial charge in [-0.05, 0) is 45.4 Å². The van der Waals surface area contributed by atoms with Gasteiger partial charge in [0.15, 0.2) is 0 Å². The lowest BCUT2D eigenvalue weighted by atomic mass is 10.0. The average Bonchev–Trinajstić information content (AvgIpc) is 3.53. The molecule has 3 heterocycles. The van der Waals surface area contributed by atoms with Crippen molar-refractivity contribution in [1.29, 1.82) is 0 Å². The predicted molar refractivity (Wildman–Crippen MR) is 95.6 cm³/mol. The van der Waals surface area contributed by atoms with Gasteiger partial charge in [-0.3, -0.25) is 0 Å². The van der Waals surface area contributed by atoms with Crippen LogP contribution in [-0.4, -0.2) is 24.8 Å². The molecule has 0 saturated heterocycles. The minimum Gasteiger partial charge on any atom is -0.388 e. The molecule has 0 spiro atoms. The first kappa shape index (κ1) is 14.7. The van der Waals surface area contributed by atoms with Crippen molar-refractivity contribution in [3.05, 3.63) is 23.3 Å². The minimum absolute atomic E-state index is 0.0607. The van der Waals surface area contributed by atoms with Gasteiger partial charge in [-0.25, -0.2) is 9.97 Å². The van der Waals surface area contributed by atoms with Gasteiger partial charge in [0.05, 0.1) is 17.1 Å². The van der Waals surface area contributed by atoms with Crippen molar-refractivity contribution in [3.63, 3.8) is 0 Å². The molecule has 2 fully saturated rings. The van der Waals surface area contributed by atoms with Crippen LogP contribution < -0.4 is 5.73 Å². The zero-order chi connectivity index (χ0) is 17.6. The highest BCUT2D eigenvalue weighted by molar-refractivity contribution is 6.02. The van der Waals surface area contributed by atoms with Crippen LogP contribution in [0.1, 0.15) is 68.1 Å². The Morgan fingerprint density at radius 1 is 1.27 bits per heavy atom. The first-order chi connectivity index (χ1) is 12.6. The molecule has 7 heteroatoms. The normalized spacial score (nSPS) is 23.5. The Morgan fingerprint density at radius 3 is 2.81 bits per heavy atom. The van der Waals surface area contributed by atoms with Gasteiger partial charge in [0.25, 0.3) is 0 Å². The highest BCUT2D eigenvalue weighted by Crippen LogP contribution is 2.53. The zero-order valence-electron chi connectivity index (χ0n) is 14.7. The molecular weight excluding hydrogens is 330 g/mol. The second-order valence-electron chi connectivity index (χ2n) is 8.25. The molecule has 134 valence electrons. The predicted octanol–water partition coefficient (Wildman–Crippen LogP) is 3.03. The molecule has 3 aromatic heterocycles. The van der Waals surface area contributed by atoms with Crippen LogP contribution in [-0.2, 0) is 12.0 Å². The summed E-state index contributed by atoms with van der Waals surface area (Å²) in [5.41, 5.74) is 10.9. The summed E-state index contributed by atoms with van der Waals surface area (Å²) in [5, 5.41) is 16.1. The highest BCUT2D eigenvalue weighted by atomic mass is 16.5. The molecule has 0 aromatic carbocycles. The molecule has 0 bridgehead atoms. The monoisotopic (exact) mass is 351 g/mol. The smallest absolute Gasteiger partial charge is 0.146 e. The fourth-order valence-corrected chi connectivity index (χ4v) is 4.53. The molecule has 3 aliphatic carbocycles. The molecule has 3 N–H and O–H groups in total. The van der Waals surface area contributed by atoms with Gasteiger partial charge in [-0.1, -0.05) is 5.16 Å². The van der Waals surface area contributed by atoms with Gasteiger partial charge in [-0.2, -0.15) is 0 Å². The van der Waals surface area contributed by atoms with Crippen LogP contribution in [0, 0.1) is 0 Å². The molecule has 26 heavy (non-hydrogen) atoms. The summed E-state index contributed by atoms with van der Waals surface area (Å²) < 4.78 is 8.05. The van der Waals surface area contributed by atoms with Gasteiger partial charge >= 0.3 is 0 Å². The van der Waals surface area contributed by atoms with Crippen molar-refractivity contribution in [1.82, 2.24) is 19.7 Å². The van der Waals surface area contributed by atoms with E-state index in [2.05, 4.69) is 26.6 Å². The van der Waals surface area contributed by atoms with Crippen LogP contribution in [0.4, 0.5) is 5.82 Å². The van der Waals surface area contributed by atoms with E-state index in [4.69, 9.17) is 10.3 Å². The summed E-state index contributed by atoms with van der Waals surface area (Å²) in [6.45, 7) is 2.26. The summed E-state index contributed by atoms with van der Waals surface area (Å²) >= 11 is 0. The summed E-state index contributed by atoms with van der Waals surface area (Å²) in [6.07, 6.45) is 6.85. The summed E-state index contributed by atoms with van der Waals surface area (Å²) in [5.74, 6) is 1.72. The maximum atomic E-state index is 10.9. The third-order valence-electron chi connectivity index (χ3n) is 6.32. The number of fused-ring (bicyclic) bond motifs is 5. The van der Waals surface area contributed by atoms with Crippen LogP contribution in [0.2, 0.25) is 0 Å². The fourth-order valence-electron chi connectivity index (χ4n) is 4.53. The van der Waals surface area contributed by atoms with E-state index in [-0.39, 0.29) is 5.54 Å². The number of nitrogen functional groups attached to an aromatic ring is 1. The third kappa shape index (κ3) is 1.79. The van der Waals surface area contributed by atoms with Crippen LogP contribution in [0.15, 0.2) is 10.9 Å². The molecule has 3 aliphatic rings. The molecule has 1 atom stereocenters. The van der Waals surface area contributed by atoms with Gasteiger partial charge < -0.3 is 19.9 Å². The number of aromatic nitrogens is 4. The zero-order valence-corrected chi connectivity index (χ0v) is 14.7.